The molecule has 28 heavy (non-hydrogen) atoms. The lowest BCUT2D eigenvalue weighted by Crippen LogP contribution is -2.35. The number of hydrogen-bond acceptors (Lipinski definition) is 5. The highest BCUT2D eigenvalue weighted by atomic mass is 16.1. The molecule has 1 fully saturated rings. The van der Waals surface area contributed by atoms with Gasteiger partial charge in [0.25, 0.3) is 5.91 Å². The van der Waals surface area contributed by atoms with Gasteiger partial charge in [-0.05, 0) is 45.8 Å². The van der Waals surface area contributed by atoms with Gasteiger partial charge in [0.2, 0.25) is 0 Å². The van der Waals surface area contributed by atoms with E-state index in [0.717, 1.165) is 43.9 Å². The lowest BCUT2D eigenvalue weighted by Gasteiger charge is -2.32. The molecule has 3 rings (SSSR count). The molecule has 1 aromatic carbocycles. The van der Waals surface area contributed by atoms with E-state index in [0.29, 0.717) is 24.0 Å². The van der Waals surface area contributed by atoms with Gasteiger partial charge in [0.1, 0.15) is 11.5 Å². The van der Waals surface area contributed by atoms with Crippen molar-refractivity contribution < 1.29 is 4.79 Å². The highest BCUT2D eigenvalue weighted by molar-refractivity contribution is 5.93. The molecule has 6 nitrogen and oxygen atoms in total. The monoisotopic (exact) mass is 381 g/mol. The van der Waals surface area contributed by atoms with E-state index >= 15 is 0 Å². The first-order valence-electron chi connectivity index (χ1n) is 10.2. The summed E-state index contributed by atoms with van der Waals surface area (Å²) in [5, 5.41) is 3.00. The molecule has 1 aromatic heterocycles. The lowest BCUT2D eigenvalue weighted by molar-refractivity contribution is 0.0947. The van der Waals surface area contributed by atoms with E-state index in [-0.39, 0.29) is 5.91 Å². The number of rotatable bonds is 7. The van der Waals surface area contributed by atoms with E-state index in [1.165, 1.54) is 6.42 Å². The zero-order chi connectivity index (χ0) is 19.9. The molecule has 1 N–H and O–H groups in total. The summed E-state index contributed by atoms with van der Waals surface area (Å²) >= 11 is 0. The first-order valence-corrected chi connectivity index (χ1v) is 10.2. The van der Waals surface area contributed by atoms with Crippen LogP contribution >= 0.6 is 0 Å². The van der Waals surface area contributed by atoms with Crippen molar-refractivity contribution in [3.63, 3.8) is 0 Å². The van der Waals surface area contributed by atoms with Crippen molar-refractivity contribution in [3.8, 4) is 11.4 Å². The number of hydrogen-bond donors (Lipinski definition) is 1. The van der Waals surface area contributed by atoms with Crippen LogP contribution in [0.2, 0.25) is 0 Å². The fourth-order valence-corrected chi connectivity index (χ4v) is 3.51. The van der Waals surface area contributed by atoms with Gasteiger partial charge in [0, 0.05) is 31.3 Å². The van der Waals surface area contributed by atoms with E-state index in [1.807, 2.05) is 50.5 Å². The molecule has 1 aliphatic heterocycles. The first kappa shape index (κ1) is 20.3. The van der Waals surface area contributed by atoms with Gasteiger partial charge in [-0.2, -0.15) is 0 Å². The van der Waals surface area contributed by atoms with Crippen molar-refractivity contribution in [2.45, 2.75) is 26.2 Å². The molecule has 0 spiro atoms. The topological polar surface area (TPSA) is 61.4 Å². The molecule has 2 heterocycles. The molecule has 1 atom stereocenters. The highest BCUT2D eigenvalue weighted by Gasteiger charge is 2.21. The first-order chi connectivity index (χ1) is 13.5. The molecule has 150 valence electrons. The maximum atomic E-state index is 12.7. The summed E-state index contributed by atoms with van der Waals surface area (Å²) in [5.41, 5.74) is 1.36. The molecule has 1 saturated heterocycles. The Morgan fingerprint density at radius 3 is 2.75 bits per heavy atom. The van der Waals surface area contributed by atoms with Crippen molar-refractivity contribution in [3.05, 3.63) is 42.1 Å². The Morgan fingerprint density at radius 1 is 1.25 bits per heavy atom. The fraction of sp³-hybridized carbons (Fsp3) is 0.500. The van der Waals surface area contributed by atoms with Gasteiger partial charge < -0.3 is 15.1 Å². The third kappa shape index (κ3) is 5.52. The van der Waals surface area contributed by atoms with Crippen LogP contribution < -0.4 is 10.2 Å². The smallest absolute Gasteiger partial charge is 0.270 e. The van der Waals surface area contributed by atoms with Gasteiger partial charge in [-0.1, -0.05) is 37.3 Å². The molecule has 0 aliphatic carbocycles. The van der Waals surface area contributed by atoms with Crippen molar-refractivity contribution >= 4 is 11.7 Å². The quantitative estimate of drug-likeness (QED) is 0.747. The van der Waals surface area contributed by atoms with Gasteiger partial charge in [0.15, 0.2) is 5.82 Å². The number of nitrogens with one attached hydrogen (secondary N) is 1. The number of piperidine rings is 1. The Hall–Kier alpha value is -2.47. The van der Waals surface area contributed by atoms with Gasteiger partial charge in [-0.15, -0.1) is 0 Å². The van der Waals surface area contributed by atoms with Crippen LogP contribution in [0.5, 0.6) is 0 Å². The van der Waals surface area contributed by atoms with E-state index in [2.05, 4.69) is 27.0 Å². The summed E-state index contributed by atoms with van der Waals surface area (Å²) in [6.07, 6.45) is 3.30. The minimum absolute atomic E-state index is 0.135. The normalized spacial score (nSPS) is 17.0. The summed E-state index contributed by atoms with van der Waals surface area (Å²) < 4.78 is 0. The Morgan fingerprint density at radius 2 is 2.04 bits per heavy atom. The Labute approximate surface area is 168 Å². The number of aromatic nitrogens is 2. The van der Waals surface area contributed by atoms with Crippen LogP contribution in [0.4, 0.5) is 5.82 Å². The second kappa shape index (κ2) is 9.64. The van der Waals surface area contributed by atoms with Crippen LogP contribution in [-0.2, 0) is 0 Å². The van der Waals surface area contributed by atoms with Crippen molar-refractivity contribution in [1.82, 2.24) is 20.2 Å². The highest BCUT2D eigenvalue weighted by Crippen LogP contribution is 2.24. The fourth-order valence-electron chi connectivity index (χ4n) is 3.51. The number of carbonyl (C=O) groups is 1. The standard InChI is InChI=1S/C22H31N5O/c1-17-9-7-14-27(16-17)20-15-19(22(28)23-12-8-13-26(2)3)24-21(25-20)18-10-5-4-6-11-18/h4-6,10-11,15,17H,7-9,12-14,16H2,1-3H3,(H,23,28). The van der Waals surface area contributed by atoms with Crippen LogP contribution in [0, 0.1) is 5.92 Å². The van der Waals surface area contributed by atoms with Crippen LogP contribution in [0.15, 0.2) is 36.4 Å². The molecule has 1 unspecified atom stereocenters. The van der Waals surface area contributed by atoms with Crippen molar-refractivity contribution in [2.75, 3.05) is 45.2 Å². The molecule has 6 heteroatoms. The van der Waals surface area contributed by atoms with E-state index < -0.39 is 0 Å². The maximum absolute atomic E-state index is 12.7. The third-order valence-electron chi connectivity index (χ3n) is 5.03. The molecule has 1 aliphatic rings. The van der Waals surface area contributed by atoms with Crippen LogP contribution in [0.1, 0.15) is 36.7 Å². The van der Waals surface area contributed by atoms with Gasteiger partial charge >= 0.3 is 0 Å². The lowest BCUT2D eigenvalue weighted by atomic mass is 10.0. The predicted molar refractivity (Wildman–Crippen MR) is 114 cm³/mol. The average Bonchev–Trinajstić information content (AvgIpc) is 2.71. The molecule has 0 saturated carbocycles. The molecule has 1 amide bonds. The van der Waals surface area contributed by atoms with Crippen molar-refractivity contribution in [1.29, 1.82) is 0 Å². The summed E-state index contributed by atoms with van der Waals surface area (Å²) in [6.45, 7) is 5.78. The second-order valence-electron chi connectivity index (χ2n) is 7.91. The number of carbonyl (C=O) groups excluding carboxylic acids is 1. The summed E-state index contributed by atoms with van der Waals surface area (Å²) in [4.78, 5) is 26.5. The zero-order valence-electron chi connectivity index (χ0n) is 17.2. The van der Waals surface area contributed by atoms with Gasteiger partial charge in [0.05, 0.1) is 0 Å². The molecule has 0 radical (unpaired) electrons. The van der Waals surface area contributed by atoms with Gasteiger partial charge in [-0.25, -0.2) is 9.97 Å². The molecule has 0 bridgehead atoms. The second-order valence-corrected chi connectivity index (χ2v) is 7.91. The zero-order valence-corrected chi connectivity index (χ0v) is 17.2. The summed E-state index contributed by atoms with van der Waals surface area (Å²) in [7, 11) is 4.06. The Balaban J connectivity index is 1.84. The molecular weight excluding hydrogens is 350 g/mol. The Kier molecular flexibility index (Phi) is 6.98. The molecular formula is C22H31N5O. The summed E-state index contributed by atoms with van der Waals surface area (Å²) in [6, 6.07) is 11.7. The molecule has 2 aromatic rings. The van der Waals surface area contributed by atoms with Gasteiger partial charge in [-0.3, -0.25) is 4.79 Å². The average molecular weight is 382 g/mol. The number of nitrogens with zero attached hydrogens (tertiary/aromatic N) is 4. The number of amides is 1. The minimum Gasteiger partial charge on any atom is -0.356 e. The Bertz CT molecular complexity index is 778. The van der Waals surface area contributed by atoms with E-state index in [1.54, 1.807) is 0 Å². The minimum atomic E-state index is -0.135. The predicted octanol–water partition coefficient (Wildman–Crippen LogP) is 3.06. The van der Waals surface area contributed by atoms with Crippen LogP contribution in [0.25, 0.3) is 11.4 Å². The summed E-state index contributed by atoms with van der Waals surface area (Å²) in [5.74, 6) is 1.95. The van der Waals surface area contributed by atoms with E-state index in [4.69, 9.17) is 4.98 Å². The van der Waals surface area contributed by atoms with Crippen LogP contribution in [-0.4, -0.2) is 61.0 Å². The van der Waals surface area contributed by atoms with Crippen molar-refractivity contribution in [2.24, 2.45) is 5.92 Å². The van der Waals surface area contributed by atoms with Crippen LogP contribution in [0.3, 0.4) is 0 Å². The third-order valence-corrected chi connectivity index (χ3v) is 5.03. The SMILES string of the molecule is CC1CCCN(c2cc(C(=O)NCCCN(C)C)nc(-c3ccccc3)n2)C1. The number of anilines is 1. The van der Waals surface area contributed by atoms with E-state index in [9.17, 15) is 4.79 Å². The largest absolute Gasteiger partial charge is 0.356 e. The number of benzene rings is 1. The maximum Gasteiger partial charge on any atom is 0.270 e.